The van der Waals surface area contributed by atoms with Crippen LogP contribution in [0.5, 0.6) is 11.5 Å². The number of β-amino-alcohol motifs (C(OH)–C–C–N with tert-alkyl or cyclic N) is 1. The van der Waals surface area contributed by atoms with Gasteiger partial charge < -0.3 is 24.6 Å². The predicted octanol–water partition coefficient (Wildman–Crippen LogP) is 3.99. The van der Waals surface area contributed by atoms with Gasteiger partial charge in [0.25, 0.3) is 0 Å². The molecule has 3 N–H and O–H groups in total. The summed E-state index contributed by atoms with van der Waals surface area (Å²) in [5.41, 5.74) is 1.83. The molecule has 6 heteroatoms. The van der Waals surface area contributed by atoms with Crippen molar-refractivity contribution in [2.24, 2.45) is 0 Å². The highest BCUT2D eigenvalue weighted by Crippen LogP contribution is 2.42. The summed E-state index contributed by atoms with van der Waals surface area (Å²) in [4.78, 5) is 14.8. The molecular formula is C24H29NO5. The number of likely N-dealkylation sites (N-methyl/N-ethyl adjacent to an activating group) is 1. The molecule has 0 unspecified atom stereocenters. The molecule has 160 valence electrons. The number of aryl methyl sites for hydroxylation is 1. The predicted molar refractivity (Wildman–Crippen MR) is 118 cm³/mol. The number of benzene rings is 2. The van der Waals surface area contributed by atoms with Crippen LogP contribution in [0.25, 0.3) is 22.3 Å². The van der Waals surface area contributed by atoms with E-state index in [1.165, 1.54) is 6.07 Å². The monoisotopic (exact) mass is 411 g/mol. The summed E-state index contributed by atoms with van der Waals surface area (Å²) in [6, 6.07) is 10.0. The van der Waals surface area contributed by atoms with Crippen molar-refractivity contribution in [3.8, 4) is 22.8 Å². The van der Waals surface area contributed by atoms with Gasteiger partial charge in [-0.2, -0.15) is 0 Å². The molecular weight excluding hydrogens is 382 g/mol. The molecule has 0 spiro atoms. The van der Waals surface area contributed by atoms with Gasteiger partial charge >= 0.3 is 0 Å². The normalized spacial score (nSPS) is 19.4. The third kappa shape index (κ3) is 3.93. The molecule has 1 saturated heterocycles. The van der Waals surface area contributed by atoms with Gasteiger partial charge in [-0.25, -0.2) is 0 Å². The second-order valence-corrected chi connectivity index (χ2v) is 7.55. The molecule has 1 aliphatic rings. The van der Waals surface area contributed by atoms with Crippen molar-refractivity contribution in [3.63, 3.8) is 0 Å². The summed E-state index contributed by atoms with van der Waals surface area (Å²) in [7, 11) is 1.92. The van der Waals surface area contributed by atoms with E-state index in [-0.39, 0.29) is 27.9 Å². The summed E-state index contributed by atoms with van der Waals surface area (Å²) in [5.74, 6) is -0.536. The van der Waals surface area contributed by atoms with Crippen LogP contribution < -0.4 is 5.43 Å². The quantitative estimate of drug-likeness (QED) is 0.590. The number of phenolic OH excluding ortho intramolecular Hbond substituents is 2. The van der Waals surface area contributed by atoms with E-state index in [4.69, 9.17) is 4.42 Å². The molecule has 2 atom stereocenters. The fourth-order valence-electron chi connectivity index (χ4n) is 4.09. The Morgan fingerprint density at radius 1 is 1.10 bits per heavy atom. The van der Waals surface area contributed by atoms with E-state index in [0.29, 0.717) is 24.3 Å². The molecule has 1 aromatic heterocycles. The van der Waals surface area contributed by atoms with E-state index in [2.05, 4.69) is 0 Å². The fourth-order valence-corrected chi connectivity index (χ4v) is 4.09. The zero-order valence-electron chi connectivity index (χ0n) is 17.8. The lowest BCUT2D eigenvalue weighted by molar-refractivity contribution is 0.0630. The number of piperidine rings is 1. The first kappa shape index (κ1) is 21.9. The number of phenols is 2. The van der Waals surface area contributed by atoms with E-state index in [1.807, 2.05) is 57.0 Å². The highest BCUT2D eigenvalue weighted by Gasteiger charge is 2.33. The zero-order valence-corrected chi connectivity index (χ0v) is 17.8. The fraction of sp³-hybridized carbons (Fsp3) is 0.375. The number of aromatic hydroxyl groups is 2. The molecule has 0 aliphatic carbocycles. The van der Waals surface area contributed by atoms with E-state index in [1.54, 1.807) is 0 Å². The lowest BCUT2D eigenvalue weighted by Crippen LogP contribution is -2.40. The highest BCUT2D eigenvalue weighted by atomic mass is 16.3. The van der Waals surface area contributed by atoms with Gasteiger partial charge in [0.2, 0.25) is 0 Å². The maximum absolute atomic E-state index is 12.8. The first-order chi connectivity index (χ1) is 14.4. The lowest BCUT2D eigenvalue weighted by Gasteiger charge is -2.34. The second-order valence-electron chi connectivity index (χ2n) is 7.55. The van der Waals surface area contributed by atoms with E-state index < -0.39 is 12.0 Å². The average molecular weight is 411 g/mol. The number of nitrogens with zero attached hydrogens (tertiary/aromatic N) is 1. The number of rotatable bonds is 2. The molecule has 2 heterocycles. The first-order valence-electron chi connectivity index (χ1n) is 10.3. The summed E-state index contributed by atoms with van der Waals surface area (Å²) in [5, 5.41) is 31.5. The van der Waals surface area contributed by atoms with Crippen molar-refractivity contribution in [2.75, 3.05) is 20.1 Å². The van der Waals surface area contributed by atoms with Crippen LogP contribution in [0.15, 0.2) is 45.6 Å². The van der Waals surface area contributed by atoms with Gasteiger partial charge in [0.1, 0.15) is 28.2 Å². The topological polar surface area (TPSA) is 94.1 Å². The minimum atomic E-state index is -0.718. The number of hydrogen-bond donors (Lipinski definition) is 3. The van der Waals surface area contributed by atoms with Gasteiger partial charge in [-0.15, -0.1) is 0 Å². The van der Waals surface area contributed by atoms with Crippen molar-refractivity contribution in [1.29, 1.82) is 0 Å². The van der Waals surface area contributed by atoms with Crippen molar-refractivity contribution >= 4 is 11.0 Å². The summed E-state index contributed by atoms with van der Waals surface area (Å²) in [6.45, 7) is 7.11. The number of aliphatic hydroxyl groups is 1. The smallest absolute Gasteiger partial charge is 0.197 e. The Bertz CT molecular complexity index is 1100. The molecule has 0 saturated carbocycles. The van der Waals surface area contributed by atoms with Gasteiger partial charge in [-0.3, -0.25) is 4.79 Å². The zero-order chi connectivity index (χ0) is 22.0. The SMILES string of the molecule is CC.Cc1ccccc1-c1cc(=O)c2c(O)cc(O)c([C@H]3CCN(C)C[C@H]3O)c2o1. The molecule has 3 aromatic rings. The highest BCUT2D eigenvalue weighted by molar-refractivity contribution is 5.89. The Balaban J connectivity index is 0.00000124. The van der Waals surface area contributed by atoms with Crippen LogP contribution in [0.1, 0.15) is 37.3 Å². The Kier molecular flexibility index (Phi) is 6.48. The van der Waals surface area contributed by atoms with Crippen LogP contribution in [0.2, 0.25) is 0 Å². The summed E-state index contributed by atoms with van der Waals surface area (Å²) < 4.78 is 6.09. The third-order valence-electron chi connectivity index (χ3n) is 5.56. The van der Waals surface area contributed by atoms with Gasteiger partial charge in [0.05, 0.1) is 6.10 Å². The maximum atomic E-state index is 12.8. The van der Waals surface area contributed by atoms with Crippen LogP contribution in [0.3, 0.4) is 0 Å². The molecule has 0 amide bonds. The van der Waals surface area contributed by atoms with Crippen LogP contribution in [0.4, 0.5) is 0 Å². The van der Waals surface area contributed by atoms with E-state index in [9.17, 15) is 20.1 Å². The standard InChI is InChI=1S/C22H23NO5.C2H6/c1-12-5-3-4-6-13(12)19-10-17(26)21-16(25)9-15(24)20(22(21)28-19)14-7-8-23(2)11-18(14)27;1-2/h3-6,9-10,14,18,24-25,27H,7-8,11H2,1-2H3;1-2H3/t14-,18+;/m0./s1. The largest absolute Gasteiger partial charge is 0.507 e. The summed E-state index contributed by atoms with van der Waals surface area (Å²) >= 11 is 0. The van der Waals surface area contributed by atoms with Crippen LogP contribution in [-0.4, -0.2) is 46.5 Å². The molecule has 0 bridgehead atoms. The molecule has 0 radical (unpaired) electrons. The van der Waals surface area contributed by atoms with E-state index >= 15 is 0 Å². The number of aliphatic hydroxyl groups excluding tert-OH is 1. The average Bonchev–Trinajstić information content (AvgIpc) is 2.70. The molecule has 1 aliphatic heterocycles. The molecule has 30 heavy (non-hydrogen) atoms. The van der Waals surface area contributed by atoms with Crippen LogP contribution >= 0.6 is 0 Å². The molecule has 4 rings (SSSR count). The van der Waals surface area contributed by atoms with Gasteiger partial charge in [0.15, 0.2) is 5.43 Å². The van der Waals surface area contributed by atoms with Gasteiger partial charge in [-0.1, -0.05) is 38.1 Å². The Hall–Kier alpha value is -2.83. The van der Waals surface area contributed by atoms with Gasteiger partial charge in [-0.05, 0) is 32.5 Å². The second kappa shape index (κ2) is 8.90. The third-order valence-corrected chi connectivity index (χ3v) is 5.56. The molecule has 1 fully saturated rings. The van der Waals surface area contributed by atoms with Crippen molar-refractivity contribution in [1.82, 2.24) is 4.90 Å². The van der Waals surface area contributed by atoms with Gasteiger partial charge in [0, 0.05) is 35.7 Å². The Morgan fingerprint density at radius 3 is 2.47 bits per heavy atom. The Labute approximate surface area is 176 Å². The van der Waals surface area contributed by atoms with Crippen molar-refractivity contribution in [2.45, 2.75) is 39.2 Å². The molecule has 6 nitrogen and oxygen atoms in total. The van der Waals surface area contributed by atoms with E-state index in [0.717, 1.165) is 23.7 Å². The number of fused-ring (bicyclic) bond motifs is 1. The summed E-state index contributed by atoms with van der Waals surface area (Å²) in [6.07, 6.45) is -0.117. The minimum absolute atomic E-state index is 0.0243. The Morgan fingerprint density at radius 2 is 1.80 bits per heavy atom. The lowest BCUT2D eigenvalue weighted by atomic mass is 9.85. The minimum Gasteiger partial charge on any atom is -0.507 e. The first-order valence-corrected chi connectivity index (χ1v) is 10.3. The van der Waals surface area contributed by atoms with Crippen LogP contribution in [0, 0.1) is 6.92 Å². The maximum Gasteiger partial charge on any atom is 0.197 e. The van der Waals surface area contributed by atoms with Crippen molar-refractivity contribution < 1.29 is 19.7 Å². The molecule has 2 aromatic carbocycles. The number of hydrogen-bond acceptors (Lipinski definition) is 6. The van der Waals surface area contributed by atoms with Crippen molar-refractivity contribution in [3.05, 3.63) is 57.7 Å². The number of likely N-dealkylation sites (tertiary alicyclic amines) is 1. The van der Waals surface area contributed by atoms with Crippen LogP contribution in [-0.2, 0) is 0 Å².